The summed E-state index contributed by atoms with van der Waals surface area (Å²) in [5.74, 6) is 0. The summed E-state index contributed by atoms with van der Waals surface area (Å²) in [6.07, 6.45) is 49.7. The van der Waals surface area contributed by atoms with Crippen LogP contribution in [0.2, 0.25) is 0 Å². The molecule has 0 saturated carbocycles. The van der Waals surface area contributed by atoms with Crippen LogP contribution in [0.15, 0.2) is 0 Å². The van der Waals surface area contributed by atoms with Gasteiger partial charge in [-0.3, -0.25) is 8.74 Å². The first-order chi connectivity index (χ1) is 21.9. The Bertz CT molecular complexity index is 593. The molecule has 0 radical (unpaired) electrons. The lowest BCUT2D eigenvalue weighted by molar-refractivity contribution is 0.324. The Morgan fingerprint density at radius 1 is 0.444 bits per heavy atom. The third-order valence-electron chi connectivity index (χ3n) is 9.43. The fourth-order valence-corrected chi connectivity index (χ4v) is 6.31. The van der Waals surface area contributed by atoms with Gasteiger partial charge in [-0.2, -0.15) is 8.42 Å². The van der Waals surface area contributed by atoms with E-state index in [2.05, 4.69) is 30.4 Å². The molecule has 5 nitrogen and oxygen atoms in total. The van der Waals surface area contributed by atoms with Crippen LogP contribution in [0.3, 0.4) is 0 Å². The van der Waals surface area contributed by atoms with Crippen molar-refractivity contribution in [1.82, 2.24) is 5.32 Å². The van der Waals surface area contributed by atoms with Gasteiger partial charge >= 0.3 is 10.4 Å². The maximum absolute atomic E-state index is 9.33. The van der Waals surface area contributed by atoms with Crippen LogP contribution < -0.4 is 5.32 Å². The summed E-state index contributed by atoms with van der Waals surface area (Å²) in [7, 11) is -1.11. The molecular formula is C39H83NO4S. The highest BCUT2D eigenvalue weighted by molar-refractivity contribution is 7.80. The van der Waals surface area contributed by atoms with Crippen molar-refractivity contribution in [2.75, 3.05) is 14.2 Å². The summed E-state index contributed by atoms with van der Waals surface area (Å²) in [5.41, 5.74) is 0. The molecule has 0 rings (SSSR count). The summed E-state index contributed by atoms with van der Waals surface area (Å²) in [6.45, 7) is 4.62. The molecule has 0 heterocycles. The van der Waals surface area contributed by atoms with Gasteiger partial charge in [-0.25, -0.2) is 0 Å². The Kier molecular flexibility index (Phi) is 41.7. The number of unbranched alkanes of at least 4 members (excludes halogenated alkanes) is 30. The van der Waals surface area contributed by atoms with Gasteiger partial charge in [0.05, 0.1) is 7.11 Å². The van der Waals surface area contributed by atoms with E-state index < -0.39 is 10.4 Å². The van der Waals surface area contributed by atoms with Crippen molar-refractivity contribution in [3.63, 3.8) is 0 Å². The van der Waals surface area contributed by atoms with Crippen molar-refractivity contribution < 1.29 is 17.2 Å². The predicted octanol–water partition coefficient (Wildman–Crippen LogP) is 13.3. The largest absolute Gasteiger partial charge is 0.397 e. The molecule has 45 heavy (non-hydrogen) atoms. The highest BCUT2D eigenvalue weighted by atomic mass is 32.3. The Balaban J connectivity index is 0. The van der Waals surface area contributed by atoms with Gasteiger partial charge in [0.15, 0.2) is 0 Å². The van der Waals surface area contributed by atoms with Gasteiger partial charge in [-0.05, 0) is 19.9 Å². The van der Waals surface area contributed by atoms with Gasteiger partial charge in [0.1, 0.15) is 0 Å². The summed E-state index contributed by atoms with van der Waals surface area (Å²) in [4.78, 5) is 0. The monoisotopic (exact) mass is 662 g/mol. The van der Waals surface area contributed by atoms with Crippen molar-refractivity contribution in [3.8, 4) is 0 Å². The van der Waals surface area contributed by atoms with Crippen LogP contribution in [-0.4, -0.2) is 33.2 Å². The van der Waals surface area contributed by atoms with Gasteiger partial charge in [-0.1, -0.05) is 219 Å². The summed E-state index contributed by atoms with van der Waals surface area (Å²) in [5, 5.41) is 3.61. The molecule has 0 aromatic heterocycles. The van der Waals surface area contributed by atoms with Gasteiger partial charge in [0.2, 0.25) is 0 Å². The molecule has 0 unspecified atom stereocenters. The molecule has 0 bridgehead atoms. The SMILES string of the molecule is CCCCCCCCCCCCCCCCCCC(CCCCCCCCCCCCCCCCCC)NC.COS(=O)(=O)O. The quantitative estimate of drug-likeness (QED) is 0.0516. The fraction of sp³-hybridized carbons (Fsp3) is 1.00. The predicted molar refractivity (Wildman–Crippen MR) is 200 cm³/mol. The second kappa shape index (κ2) is 40.0. The Labute approximate surface area is 284 Å². The Morgan fingerprint density at radius 2 is 0.622 bits per heavy atom. The molecule has 2 N–H and O–H groups in total. The van der Waals surface area contributed by atoms with Crippen LogP contribution in [0.4, 0.5) is 0 Å². The average Bonchev–Trinajstić information content (AvgIpc) is 3.03. The summed E-state index contributed by atoms with van der Waals surface area (Å²) in [6, 6.07) is 0.767. The van der Waals surface area contributed by atoms with Crippen LogP contribution in [0, 0.1) is 0 Å². The zero-order chi connectivity index (χ0) is 33.5. The summed E-state index contributed by atoms with van der Waals surface area (Å²) >= 11 is 0. The Hall–Kier alpha value is -0.170. The van der Waals surface area contributed by atoms with Crippen LogP contribution in [0.1, 0.15) is 232 Å². The average molecular weight is 662 g/mol. The molecule has 0 fully saturated rings. The topological polar surface area (TPSA) is 75.6 Å². The zero-order valence-corrected chi connectivity index (χ0v) is 32.0. The number of rotatable bonds is 36. The molecule has 0 aromatic rings. The minimum absolute atomic E-state index is 0.767. The van der Waals surface area contributed by atoms with Crippen LogP contribution in [0.25, 0.3) is 0 Å². The minimum atomic E-state index is -4.16. The van der Waals surface area contributed by atoms with E-state index in [1.165, 1.54) is 218 Å². The molecule has 0 spiro atoms. The first kappa shape index (κ1) is 46.9. The first-order valence-corrected chi connectivity index (χ1v) is 21.5. The molecule has 0 amide bonds. The number of hydrogen-bond acceptors (Lipinski definition) is 4. The smallest absolute Gasteiger partial charge is 0.317 e. The van der Waals surface area contributed by atoms with Crippen LogP contribution in [0.5, 0.6) is 0 Å². The Morgan fingerprint density at radius 3 is 0.778 bits per heavy atom. The van der Waals surface area contributed by atoms with Gasteiger partial charge in [0.25, 0.3) is 0 Å². The lowest BCUT2D eigenvalue weighted by atomic mass is 9.99. The van der Waals surface area contributed by atoms with E-state index in [0.717, 1.165) is 13.2 Å². The molecule has 0 aromatic carbocycles. The normalized spacial score (nSPS) is 11.7. The van der Waals surface area contributed by atoms with Gasteiger partial charge < -0.3 is 5.32 Å². The molecule has 274 valence electrons. The van der Waals surface area contributed by atoms with E-state index in [0.29, 0.717) is 0 Å². The maximum Gasteiger partial charge on any atom is 0.397 e. The molecule has 0 aliphatic rings. The minimum Gasteiger partial charge on any atom is -0.317 e. The zero-order valence-electron chi connectivity index (χ0n) is 31.2. The van der Waals surface area contributed by atoms with E-state index in [-0.39, 0.29) is 0 Å². The standard InChI is InChI=1S/C38H79N.CH4O4S/c1-4-6-8-10-12-14-16-18-20-22-24-26-28-30-32-34-36-38(39-3)37-35-33-31-29-27-25-23-21-19-17-15-13-11-9-7-5-2;1-5-6(2,3)4/h38-39H,4-37H2,1-3H3;1H3,(H,2,3,4). The second-order valence-electron chi connectivity index (χ2n) is 13.8. The van der Waals surface area contributed by atoms with Crippen LogP contribution in [-0.2, 0) is 14.6 Å². The van der Waals surface area contributed by atoms with E-state index in [1.807, 2.05) is 0 Å². The third-order valence-corrected chi connectivity index (χ3v) is 9.85. The van der Waals surface area contributed by atoms with E-state index >= 15 is 0 Å². The van der Waals surface area contributed by atoms with Gasteiger partial charge in [0, 0.05) is 6.04 Å². The van der Waals surface area contributed by atoms with Crippen molar-refractivity contribution >= 4 is 10.4 Å². The molecule has 0 aliphatic carbocycles. The summed E-state index contributed by atoms with van der Waals surface area (Å²) < 4.78 is 29.7. The lowest BCUT2D eigenvalue weighted by Gasteiger charge is -2.16. The maximum atomic E-state index is 9.33. The van der Waals surface area contributed by atoms with Crippen molar-refractivity contribution in [2.24, 2.45) is 0 Å². The van der Waals surface area contributed by atoms with E-state index in [4.69, 9.17) is 4.55 Å². The van der Waals surface area contributed by atoms with E-state index in [1.54, 1.807) is 0 Å². The highest BCUT2D eigenvalue weighted by Crippen LogP contribution is 2.17. The molecule has 0 aliphatic heterocycles. The van der Waals surface area contributed by atoms with Crippen LogP contribution >= 0.6 is 0 Å². The molecular weight excluding hydrogens is 578 g/mol. The lowest BCUT2D eigenvalue weighted by Crippen LogP contribution is -2.24. The van der Waals surface area contributed by atoms with Crippen molar-refractivity contribution in [2.45, 2.75) is 238 Å². The van der Waals surface area contributed by atoms with E-state index in [9.17, 15) is 8.42 Å². The number of nitrogens with one attached hydrogen (secondary N) is 1. The third kappa shape index (κ3) is 46.0. The fourth-order valence-electron chi connectivity index (χ4n) is 6.31. The van der Waals surface area contributed by atoms with Gasteiger partial charge in [-0.15, -0.1) is 0 Å². The molecule has 0 saturated heterocycles. The highest BCUT2D eigenvalue weighted by Gasteiger charge is 2.05. The second-order valence-corrected chi connectivity index (χ2v) is 15.0. The first-order valence-electron chi connectivity index (χ1n) is 20.1. The van der Waals surface area contributed by atoms with Crippen molar-refractivity contribution in [3.05, 3.63) is 0 Å². The van der Waals surface area contributed by atoms with Crippen molar-refractivity contribution in [1.29, 1.82) is 0 Å². The molecule has 0 atom stereocenters. The molecule has 6 heteroatoms. The number of hydrogen-bond donors (Lipinski definition) is 2.